The first-order valence-corrected chi connectivity index (χ1v) is 5.26. The summed E-state index contributed by atoms with van der Waals surface area (Å²) in [5, 5.41) is 14.0. The van der Waals surface area contributed by atoms with Crippen LogP contribution in [0.15, 0.2) is 0 Å². The number of aryl methyl sites for hydroxylation is 2. The highest BCUT2D eigenvalue weighted by Gasteiger charge is 2.14. The van der Waals surface area contributed by atoms with E-state index in [-0.39, 0.29) is 0 Å². The first kappa shape index (κ1) is 9.52. The quantitative estimate of drug-likeness (QED) is 0.677. The van der Waals surface area contributed by atoms with Crippen molar-refractivity contribution in [2.45, 2.75) is 32.7 Å². The third-order valence-electron chi connectivity index (χ3n) is 2.82. The average Bonchev–Trinajstić information content (AvgIpc) is 2.76. The maximum absolute atomic E-state index is 4.15. The van der Waals surface area contributed by atoms with Crippen molar-refractivity contribution in [3.8, 4) is 0 Å². The van der Waals surface area contributed by atoms with Crippen molar-refractivity contribution in [2.75, 3.05) is 18.4 Å². The lowest BCUT2D eigenvalue weighted by Crippen LogP contribution is -2.29. The number of aromatic amines is 1. The molecule has 0 saturated carbocycles. The van der Waals surface area contributed by atoms with Crippen molar-refractivity contribution >= 4 is 5.69 Å². The van der Waals surface area contributed by atoms with E-state index in [0.29, 0.717) is 6.04 Å². The summed E-state index contributed by atoms with van der Waals surface area (Å²) in [6, 6.07) is 0.628. The van der Waals surface area contributed by atoms with E-state index in [1.165, 1.54) is 18.5 Å². The SMILES string of the molecule is Cc1n[nH]c(C)c1NCC1CCCN1. The van der Waals surface area contributed by atoms with E-state index >= 15 is 0 Å². The van der Waals surface area contributed by atoms with Crippen LogP contribution in [0.25, 0.3) is 0 Å². The topological polar surface area (TPSA) is 52.7 Å². The van der Waals surface area contributed by atoms with Gasteiger partial charge in [0, 0.05) is 12.6 Å². The van der Waals surface area contributed by atoms with Gasteiger partial charge in [-0.05, 0) is 33.2 Å². The Balaban J connectivity index is 1.90. The van der Waals surface area contributed by atoms with Crippen LogP contribution in [-0.2, 0) is 0 Å². The van der Waals surface area contributed by atoms with Crippen LogP contribution in [0, 0.1) is 13.8 Å². The second kappa shape index (κ2) is 4.00. The molecule has 14 heavy (non-hydrogen) atoms. The van der Waals surface area contributed by atoms with Crippen LogP contribution in [0.4, 0.5) is 5.69 Å². The standard InChI is InChI=1S/C10H18N4/c1-7-10(8(2)14-13-7)12-6-9-4-3-5-11-9/h9,11-12H,3-6H2,1-2H3,(H,13,14). The van der Waals surface area contributed by atoms with Crippen molar-refractivity contribution in [1.82, 2.24) is 15.5 Å². The molecular formula is C10H18N4. The largest absolute Gasteiger partial charge is 0.381 e. The van der Waals surface area contributed by atoms with Crippen LogP contribution in [0.2, 0.25) is 0 Å². The van der Waals surface area contributed by atoms with Crippen LogP contribution >= 0.6 is 0 Å². The van der Waals surface area contributed by atoms with Gasteiger partial charge in [-0.1, -0.05) is 0 Å². The molecule has 3 N–H and O–H groups in total. The Labute approximate surface area is 84.5 Å². The lowest BCUT2D eigenvalue weighted by molar-refractivity contribution is 0.633. The molecule has 4 nitrogen and oxygen atoms in total. The fourth-order valence-electron chi connectivity index (χ4n) is 1.97. The summed E-state index contributed by atoms with van der Waals surface area (Å²) >= 11 is 0. The minimum absolute atomic E-state index is 0.628. The van der Waals surface area contributed by atoms with Gasteiger partial charge in [-0.15, -0.1) is 0 Å². The molecule has 1 unspecified atom stereocenters. The van der Waals surface area contributed by atoms with Gasteiger partial charge < -0.3 is 10.6 Å². The summed E-state index contributed by atoms with van der Waals surface area (Å²) in [5.74, 6) is 0. The van der Waals surface area contributed by atoms with E-state index in [0.717, 1.165) is 24.5 Å². The molecule has 2 heterocycles. The normalized spacial score (nSPS) is 21.4. The van der Waals surface area contributed by atoms with Gasteiger partial charge in [-0.25, -0.2) is 0 Å². The zero-order valence-electron chi connectivity index (χ0n) is 8.85. The van der Waals surface area contributed by atoms with E-state index < -0.39 is 0 Å². The number of nitrogens with zero attached hydrogens (tertiary/aromatic N) is 1. The zero-order chi connectivity index (χ0) is 9.97. The van der Waals surface area contributed by atoms with Crippen molar-refractivity contribution in [1.29, 1.82) is 0 Å². The number of anilines is 1. The number of aromatic nitrogens is 2. The lowest BCUT2D eigenvalue weighted by atomic mass is 10.2. The molecule has 0 radical (unpaired) electrons. The van der Waals surface area contributed by atoms with Gasteiger partial charge in [0.15, 0.2) is 0 Å². The van der Waals surface area contributed by atoms with Gasteiger partial charge in [0.1, 0.15) is 0 Å². The molecule has 0 bridgehead atoms. The maximum Gasteiger partial charge on any atom is 0.0825 e. The zero-order valence-corrected chi connectivity index (χ0v) is 8.85. The third-order valence-corrected chi connectivity index (χ3v) is 2.82. The number of H-pyrrole nitrogens is 1. The fraction of sp³-hybridized carbons (Fsp3) is 0.700. The lowest BCUT2D eigenvalue weighted by Gasteiger charge is -2.12. The summed E-state index contributed by atoms with van der Waals surface area (Å²) in [6.07, 6.45) is 2.58. The second-order valence-electron chi connectivity index (χ2n) is 3.98. The number of nitrogens with one attached hydrogen (secondary N) is 3. The Bertz CT molecular complexity index is 280. The summed E-state index contributed by atoms with van der Waals surface area (Å²) in [7, 11) is 0. The van der Waals surface area contributed by atoms with Gasteiger partial charge >= 0.3 is 0 Å². The predicted molar refractivity (Wildman–Crippen MR) is 57.6 cm³/mol. The minimum Gasteiger partial charge on any atom is -0.381 e. The highest BCUT2D eigenvalue weighted by Crippen LogP contribution is 2.16. The van der Waals surface area contributed by atoms with E-state index in [2.05, 4.69) is 20.8 Å². The molecule has 78 valence electrons. The molecule has 0 aliphatic carbocycles. The Morgan fingerprint density at radius 1 is 1.50 bits per heavy atom. The molecular weight excluding hydrogens is 176 g/mol. The van der Waals surface area contributed by atoms with E-state index in [9.17, 15) is 0 Å². The third kappa shape index (κ3) is 1.90. The van der Waals surface area contributed by atoms with E-state index in [1.54, 1.807) is 0 Å². The molecule has 0 amide bonds. The van der Waals surface area contributed by atoms with Gasteiger partial charge in [0.05, 0.1) is 17.1 Å². The Kier molecular flexibility index (Phi) is 2.72. The Hall–Kier alpha value is -1.03. The molecule has 4 heteroatoms. The van der Waals surface area contributed by atoms with Crippen LogP contribution in [0.3, 0.4) is 0 Å². The highest BCUT2D eigenvalue weighted by molar-refractivity contribution is 5.51. The van der Waals surface area contributed by atoms with Gasteiger partial charge in [0.2, 0.25) is 0 Å². The molecule has 1 aromatic heterocycles. The van der Waals surface area contributed by atoms with Gasteiger partial charge in [0.25, 0.3) is 0 Å². The van der Waals surface area contributed by atoms with E-state index in [1.807, 2.05) is 13.8 Å². The Morgan fingerprint density at radius 3 is 2.93 bits per heavy atom. The molecule has 1 fully saturated rings. The first-order valence-electron chi connectivity index (χ1n) is 5.26. The highest BCUT2D eigenvalue weighted by atomic mass is 15.2. The molecule has 1 saturated heterocycles. The number of hydrogen-bond acceptors (Lipinski definition) is 3. The summed E-state index contributed by atoms with van der Waals surface area (Å²) in [6.45, 7) is 6.23. The molecule has 0 aromatic carbocycles. The van der Waals surface area contributed by atoms with Crippen molar-refractivity contribution in [2.24, 2.45) is 0 Å². The summed E-state index contributed by atoms with van der Waals surface area (Å²) in [4.78, 5) is 0. The van der Waals surface area contributed by atoms with Crippen LogP contribution in [-0.4, -0.2) is 29.3 Å². The molecule has 1 aliphatic rings. The Morgan fingerprint density at radius 2 is 2.36 bits per heavy atom. The summed E-state index contributed by atoms with van der Waals surface area (Å²) < 4.78 is 0. The van der Waals surface area contributed by atoms with E-state index in [4.69, 9.17) is 0 Å². The summed E-state index contributed by atoms with van der Waals surface area (Å²) in [5.41, 5.74) is 3.35. The molecule has 2 rings (SSSR count). The molecule has 0 spiro atoms. The molecule has 1 aliphatic heterocycles. The first-order chi connectivity index (χ1) is 6.77. The number of hydrogen-bond donors (Lipinski definition) is 3. The average molecular weight is 194 g/mol. The van der Waals surface area contributed by atoms with Crippen molar-refractivity contribution in [3.05, 3.63) is 11.4 Å². The minimum atomic E-state index is 0.628. The fourth-order valence-corrected chi connectivity index (χ4v) is 1.97. The van der Waals surface area contributed by atoms with Crippen LogP contribution < -0.4 is 10.6 Å². The molecule has 1 aromatic rings. The molecule has 1 atom stereocenters. The van der Waals surface area contributed by atoms with Gasteiger partial charge in [-0.2, -0.15) is 5.10 Å². The van der Waals surface area contributed by atoms with Gasteiger partial charge in [-0.3, -0.25) is 5.10 Å². The van der Waals surface area contributed by atoms with Crippen LogP contribution in [0.5, 0.6) is 0 Å². The van der Waals surface area contributed by atoms with Crippen molar-refractivity contribution < 1.29 is 0 Å². The van der Waals surface area contributed by atoms with Crippen LogP contribution in [0.1, 0.15) is 24.2 Å². The smallest absolute Gasteiger partial charge is 0.0825 e. The monoisotopic (exact) mass is 194 g/mol. The number of rotatable bonds is 3. The van der Waals surface area contributed by atoms with Crippen molar-refractivity contribution in [3.63, 3.8) is 0 Å². The maximum atomic E-state index is 4.15. The predicted octanol–water partition coefficient (Wildman–Crippen LogP) is 1.19. The second-order valence-corrected chi connectivity index (χ2v) is 3.98.